The molecule has 4 heteroatoms. The fourth-order valence-corrected chi connectivity index (χ4v) is 3.68. The van der Waals surface area contributed by atoms with Gasteiger partial charge in [-0.05, 0) is 64.6 Å². The van der Waals surface area contributed by atoms with E-state index in [1.165, 1.54) is 17.7 Å². The number of halogens is 1. The molecule has 0 saturated carbocycles. The molecule has 0 N–H and O–H groups in total. The molecule has 3 nitrogen and oxygen atoms in total. The summed E-state index contributed by atoms with van der Waals surface area (Å²) in [5, 5.41) is 0. The molecule has 1 amide bonds. The molecule has 0 radical (unpaired) electrons. The molecule has 0 fully saturated rings. The molecular weight excluding hydrogens is 351 g/mol. The number of hydrogen-bond acceptors (Lipinski definition) is 2. The number of carbonyl (C=O) groups excluding carboxylic acids is 1. The molecule has 0 aliphatic carbocycles. The summed E-state index contributed by atoms with van der Waals surface area (Å²) < 4.78 is 13.5. The Bertz CT molecular complexity index is 1090. The van der Waals surface area contributed by atoms with Crippen LogP contribution in [0.4, 0.5) is 4.39 Å². The average Bonchev–Trinajstić information content (AvgIpc) is 3.17. The SMILES string of the molecule is Cc1cc(C(=O)N(C)Cc2cccc3c2CN=C3)ccc1-c1cccc(F)c1. The van der Waals surface area contributed by atoms with E-state index in [4.69, 9.17) is 0 Å². The van der Waals surface area contributed by atoms with Crippen molar-refractivity contribution in [3.05, 3.63) is 94.3 Å². The monoisotopic (exact) mass is 372 g/mol. The molecule has 0 bridgehead atoms. The first-order valence-corrected chi connectivity index (χ1v) is 9.25. The molecule has 0 aromatic heterocycles. The molecule has 3 aromatic rings. The molecule has 0 saturated heterocycles. The Balaban J connectivity index is 1.55. The second-order valence-electron chi connectivity index (χ2n) is 7.16. The summed E-state index contributed by atoms with van der Waals surface area (Å²) >= 11 is 0. The molecule has 4 rings (SSSR count). The maximum Gasteiger partial charge on any atom is 0.253 e. The van der Waals surface area contributed by atoms with Crippen molar-refractivity contribution in [2.45, 2.75) is 20.0 Å². The van der Waals surface area contributed by atoms with Crippen molar-refractivity contribution in [1.82, 2.24) is 4.90 Å². The highest BCUT2D eigenvalue weighted by Crippen LogP contribution is 2.26. The molecule has 0 spiro atoms. The largest absolute Gasteiger partial charge is 0.337 e. The summed E-state index contributed by atoms with van der Waals surface area (Å²) in [7, 11) is 1.81. The zero-order chi connectivity index (χ0) is 19.7. The third kappa shape index (κ3) is 3.46. The number of benzene rings is 3. The summed E-state index contributed by atoms with van der Waals surface area (Å²) in [5.41, 5.74) is 6.76. The van der Waals surface area contributed by atoms with E-state index in [0.29, 0.717) is 18.7 Å². The molecule has 1 heterocycles. The zero-order valence-corrected chi connectivity index (χ0v) is 15.9. The van der Waals surface area contributed by atoms with Crippen LogP contribution in [0.15, 0.2) is 65.7 Å². The quantitative estimate of drug-likeness (QED) is 0.634. The summed E-state index contributed by atoms with van der Waals surface area (Å²) in [4.78, 5) is 19.0. The minimum atomic E-state index is -0.267. The standard InChI is InChI=1S/C24H21FN2O/c1-16-11-18(9-10-22(16)17-5-4-8-21(25)12-17)24(28)27(2)15-20-7-3-6-19-13-26-14-23(19)20/h3-13H,14-15H2,1-2H3. The lowest BCUT2D eigenvalue weighted by atomic mass is 9.98. The van der Waals surface area contributed by atoms with Crippen LogP contribution in [0.25, 0.3) is 11.1 Å². The second-order valence-corrected chi connectivity index (χ2v) is 7.16. The average molecular weight is 372 g/mol. The van der Waals surface area contributed by atoms with Crippen molar-refractivity contribution < 1.29 is 9.18 Å². The van der Waals surface area contributed by atoms with Crippen molar-refractivity contribution in [2.24, 2.45) is 4.99 Å². The highest BCUT2D eigenvalue weighted by Gasteiger charge is 2.17. The Kier molecular flexibility index (Phi) is 4.78. The smallest absolute Gasteiger partial charge is 0.253 e. The van der Waals surface area contributed by atoms with Crippen LogP contribution in [0.1, 0.15) is 32.6 Å². The van der Waals surface area contributed by atoms with Crippen molar-refractivity contribution in [1.29, 1.82) is 0 Å². The highest BCUT2D eigenvalue weighted by molar-refractivity contribution is 5.95. The number of amides is 1. The third-order valence-electron chi connectivity index (χ3n) is 5.15. The van der Waals surface area contributed by atoms with Gasteiger partial charge in [-0.1, -0.05) is 36.4 Å². The zero-order valence-electron chi connectivity index (χ0n) is 15.9. The van der Waals surface area contributed by atoms with E-state index in [1.807, 2.05) is 56.6 Å². The number of hydrogen-bond donors (Lipinski definition) is 0. The first-order valence-electron chi connectivity index (χ1n) is 9.25. The van der Waals surface area contributed by atoms with E-state index in [0.717, 1.165) is 27.8 Å². The third-order valence-corrected chi connectivity index (χ3v) is 5.15. The second kappa shape index (κ2) is 7.39. The van der Waals surface area contributed by atoms with Gasteiger partial charge in [0.2, 0.25) is 0 Å². The Morgan fingerprint density at radius 3 is 2.71 bits per heavy atom. The van der Waals surface area contributed by atoms with Gasteiger partial charge in [0.15, 0.2) is 0 Å². The fraction of sp³-hybridized carbons (Fsp3) is 0.167. The highest BCUT2D eigenvalue weighted by atomic mass is 19.1. The molecule has 3 aromatic carbocycles. The number of fused-ring (bicyclic) bond motifs is 1. The lowest BCUT2D eigenvalue weighted by molar-refractivity contribution is 0.0784. The van der Waals surface area contributed by atoms with Crippen LogP contribution in [0.3, 0.4) is 0 Å². The van der Waals surface area contributed by atoms with Crippen molar-refractivity contribution in [3.63, 3.8) is 0 Å². The van der Waals surface area contributed by atoms with Crippen LogP contribution in [0, 0.1) is 12.7 Å². The van der Waals surface area contributed by atoms with Gasteiger partial charge in [-0.3, -0.25) is 9.79 Å². The van der Waals surface area contributed by atoms with Gasteiger partial charge in [0.05, 0.1) is 6.54 Å². The maximum atomic E-state index is 13.5. The molecular formula is C24H21FN2O. The van der Waals surface area contributed by atoms with E-state index < -0.39 is 0 Å². The number of aryl methyl sites for hydroxylation is 1. The van der Waals surface area contributed by atoms with Gasteiger partial charge in [0.25, 0.3) is 5.91 Å². The first kappa shape index (κ1) is 18.1. The van der Waals surface area contributed by atoms with Crippen LogP contribution < -0.4 is 0 Å². The Hall–Kier alpha value is -3.27. The van der Waals surface area contributed by atoms with E-state index >= 15 is 0 Å². The predicted octanol–water partition coefficient (Wildman–Crippen LogP) is 5.01. The Labute approximate surface area is 164 Å². The Morgan fingerprint density at radius 2 is 1.93 bits per heavy atom. The minimum absolute atomic E-state index is 0.0367. The van der Waals surface area contributed by atoms with E-state index in [2.05, 4.69) is 11.1 Å². The van der Waals surface area contributed by atoms with Crippen LogP contribution in [-0.2, 0) is 13.1 Å². The lowest BCUT2D eigenvalue weighted by Gasteiger charge is -2.20. The fourth-order valence-electron chi connectivity index (χ4n) is 3.68. The maximum absolute atomic E-state index is 13.5. The van der Waals surface area contributed by atoms with Gasteiger partial charge in [-0.25, -0.2) is 4.39 Å². The van der Waals surface area contributed by atoms with Crippen LogP contribution >= 0.6 is 0 Å². The lowest BCUT2D eigenvalue weighted by Crippen LogP contribution is -2.26. The van der Waals surface area contributed by atoms with Gasteiger partial charge < -0.3 is 4.90 Å². The number of carbonyl (C=O) groups is 1. The van der Waals surface area contributed by atoms with Crippen LogP contribution in [0.2, 0.25) is 0 Å². The van der Waals surface area contributed by atoms with E-state index in [9.17, 15) is 9.18 Å². The molecule has 0 unspecified atom stereocenters. The van der Waals surface area contributed by atoms with E-state index in [1.54, 1.807) is 11.0 Å². The summed E-state index contributed by atoms with van der Waals surface area (Å²) in [6.07, 6.45) is 1.88. The molecule has 1 aliphatic heterocycles. The molecule has 1 aliphatic rings. The van der Waals surface area contributed by atoms with Gasteiger partial charge in [0.1, 0.15) is 5.82 Å². The van der Waals surface area contributed by atoms with Crippen LogP contribution in [0.5, 0.6) is 0 Å². The topological polar surface area (TPSA) is 32.7 Å². The number of aliphatic imine (C=N–C) groups is 1. The van der Waals surface area contributed by atoms with Crippen molar-refractivity contribution in [2.75, 3.05) is 7.05 Å². The summed E-state index contributed by atoms with van der Waals surface area (Å²) in [6, 6.07) is 18.2. The van der Waals surface area contributed by atoms with Gasteiger partial charge in [-0.2, -0.15) is 0 Å². The van der Waals surface area contributed by atoms with E-state index in [-0.39, 0.29) is 11.7 Å². The normalized spacial score (nSPS) is 12.1. The van der Waals surface area contributed by atoms with Gasteiger partial charge >= 0.3 is 0 Å². The minimum Gasteiger partial charge on any atom is -0.337 e. The summed E-state index contributed by atoms with van der Waals surface area (Å²) in [5.74, 6) is -0.304. The Morgan fingerprint density at radius 1 is 1.11 bits per heavy atom. The predicted molar refractivity (Wildman–Crippen MR) is 110 cm³/mol. The first-order chi connectivity index (χ1) is 13.5. The van der Waals surface area contributed by atoms with Gasteiger partial charge in [-0.15, -0.1) is 0 Å². The van der Waals surface area contributed by atoms with Crippen molar-refractivity contribution in [3.8, 4) is 11.1 Å². The van der Waals surface area contributed by atoms with Crippen molar-refractivity contribution >= 4 is 12.1 Å². The number of rotatable bonds is 4. The molecule has 28 heavy (non-hydrogen) atoms. The molecule has 140 valence electrons. The molecule has 0 atom stereocenters. The summed E-state index contributed by atoms with van der Waals surface area (Å²) in [6.45, 7) is 3.16. The van der Waals surface area contributed by atoms with Crippen LogP contribution in [-0.4, -0.2) is 24.1 Å². The number of nitrogens with zero attached hydrogens (tertiary/aromatic N) is 2. The van der Waals surface area contributed by atoms with Gasteiger partial charge in [0, 0.05) is 25.4 Å².